The zero-order valence-electron chi connectivity index (χ0n) is 14.5. The molecule has 0 spiro atoms. The average Bonchev–Trinajstić information content (AvgIpc) is 2.65. The van der Waals surface area contributed by atoms with Gasteiger partial charge in [0.1, 0.15) is 11.3 Å². The highest BCUT2D eigenvalue weighted by Crippen LogP contribution is 2.38. The minimum atomic E-state index is -0.513. The van der Waals surface area contributed by atoms with Crippen LogP contribution in [-0.4, -0.2) is 24.7 Å². The Morgan fingerprint density at radius 1 is 1.19 bits per heavy atom. The van der Waals surface area contributed by atoms with Crippen LogP contribution in [0.5, 0.6) is 5.75 Å². The number of ether oxygens (including phenoxy) is 2. The molecule has 8 heteroatoms. The van der Waals surface area contributed by atoms with E-state index >= 15 is 0 Å². The molecule has 3 aromatic rings. The predicted octanol–water partition coefficient (Wildman–Crippen LogP) is 6.12. The number of fused-ring (bicyclic) bond motifs is 1. The van der Waals surface area contributed by atoms with Gasteiger partial charge in [-0.1, -0.05) is 34.8 Å². The summed E-state index contributed by atoms with van der Waals surface area (Å²) in [7, 11) is 1.54. The summed E-state index contributed by atoms with van der Waals surface area (Å²) in [6, 6.07) is 8.50. The molecular weight excluding hydrogens is 411 g/mol. The normalized spacial score (nSPS) is 10.7. The largest absolute Gasteiger partial charge is 0.495 e. The van der Waals surface area contributed by atoms with Gasteiger partial charge in [-0.3, -0.25) is 4.98 Å². The fraction of sp³-hybridized carbons (Fsp3) is 0.158. The maximum atomic E-state index is 12.5. The molecule has 1 aromatic heterocycles. The topological polar surface area (TPSA) is 60.5 Å². The van der Waals surface area contributed by atoms with Gasteiger partial charge in [0.15, 0.2) is 0 Å². The number of carbonyl (C=O) groups is 1. The second kappa shape index (κ2) is 8.21. The molecule has 0 saturated heterocycles. The zero-order chi connectivity index (χ0) is 19.6. The van der Waals surface area contributed by atoms with Gasteiger partial charge in [-0.2, -0.15) is 0 Å². The third-order valence-corrected chi connectivity index (χ3v) is 4.88. The first kappa shape index (κ1) is 19.5. The van der Waals surface area contributed by atoms with E-state index in [9.17, 15) is 4.79 Å². The van der Waals surface area contributed by atoms with Crippen molar-refractivity contribution in [1.29, 1.82) is 0 Å². The molecule has 2 aromatic carbocycles. The Balaban J connectivity index is 2.25. The van der Waals surface area contributed by atoms with Crippen LogP contribution in [0.4, 0.5) is 11.4 Å². The van der Waals surface area contributed by atoms with Crippen LogP contribution in [0.2, 0.25) is 15.1 Å². The highest BCUT2D eigenvalue weighted by atomic mass is 35.5. The Hall–Kier alpha value is -2.21. The van der Waals surface area contributed by atoms with Crippen molar-refractivity contribution in [2.75, 3.05) is 19.0 Å². The van der Waals surface area contributed by atoms with Crippen molar-refractivity contribution >= 4 is 63.0 Å². The molecule has 27 heavy (non-hydrogen) atoms. The number of methoxy groups -OCH3 is 1. The molecule has 5 nitrogen and oxygen atoms in total. The first-order chi connectivity index (χ1) is 13.0. The molecule has 1 heterocycles. The minimum absolute atomic E-state index is 0.234. The van der Waals surface area contributed by atoms with Crippen molar-refractivity contribution in [1.82, 2.24) is 4.98 Å². The Labute approximate surface area is 171 Å². The number of aromatic nitrogens is 1. The Morgan fingerprint density at radius 2 is 1.96 bits per heavy atom. The van der Waals surface area contributed by atoms with Crippen molar-refractivity contribution in [3.63, 3.8) is 0 Å². The van der Waals surface area contributed by atoms with Crippen LogP contribution in [-0.2, 0) is 4.74 Å². The van der Waals surface area contributed by atoms with Crippen LogP contribution < -0.4 is 10.1 Å². The Bertz CT molecular complexity index is 1020. The number of esters is 1. The smallest absolute Gasteiger partial charge is 0.341 e. The highest BCUT2D eigenvalue weighted by Gasteiger charge is 2.20. The van der Waals surface area contributed by atoms with Crippen molar-refractivity contribution in [3.8, 4) is 5.75 Å². The molecule has 0 atom stereocenters. The van der Waals surface area contributed by atoms with E-state index in [0.29, 0.717) is 43.1 Å². The highest BCUT2D eigenvalue weighted by molar-refractivity contribution is 6.45. The molecule has 0 amide bonds. The molecule has 0 saturated carbocycles. The van der Waals surface area contributed by atoms with Gasteiger partial charge in [-0.25, -0.2) is 4.79 Å². The van der Waals surface area contributed by atoms with Crippen LogP contribution in [0.1, 0.15) is 17.3 Å². The molecule has 0 radical (unpaired) electrons. The average molecular weight is 426 g/mol. The number of halogens is 3. The third kappa shape index (κ3) is 3.90. The molecule has 3 rings (SSSR count). The van der Waals surface area contributed by atoms with Crippen molar-refractivity contribution in [3.05, 3.63) is 57.2 Å². The summed E-state index contributed by atoms with van der Waals surface area (Å²) < 4.78 is 10.5. The van der Waals surface area contributed by atoms with E-state index < -0.39 is 5.97 Å². The van der Waals surface area contributed by atoms with Crippen molar-refractivity contribution in [2.24, 2.45) is 0 Å². The number of benzene rings is 2. The zero-order valence-corrected chi connectivity index (χ0v) is 16.7. The summed E-state index contributed by atoms with van der Waals surface area (Å²) in [5, 5.41) is 4.99. The van der Waals surface area contributed by atoms with Crippen molar-refractivity contribution < 1.29 is 14.3 Å². The Morgan fingerprint density at radius 3 is 2.67 bits per heavy atom. The van der Waals surface area contributed by atoms with E-state index in [-0.39, 0.29) is 12.2 Å². The number of hydrogen-bond donors (Lipinski definition) is 1. The predicted molar refractivity (Wildman–Crippen MR) is 109 cm³/mol. The minimum Gasteiger partial charge on any atom is -0.495 e. The number of hydrogen-bond acceptors (Lipinski definition) is 5. The molecular formula is C19H15Cl3N2O3. The molecule has 0 aliphatic heterocycles. The van der Waals surface area contributed by atoms with Gasteiger partial charge in [-0.05, 0) is 37.3 Å². The summed E-state index contributed by atoms with van der Waals surface area (Å²) >= 11 is 18.5. The van der Waals surface area contributed by atoms with Gasteiger partial charge >= 0.3 is 5.97 Å². The molecule has 0 aliphatic carbocycles. The van der Waals surface area contributed by atoms with Gasteiger partial charge in [0.2, 0.25) is 0 Å². The molecule has 1 N–H and O–H groups in total. The lowest BCUT2D eigenvalue weighted by Crippen LogP contribution is -2.09. The van der Waals surface area contributed by atoms with Crippen molar-refractivity contribution in [2.45, 2.75) is 6.92 Å². The number of pyridine rings is 1. The lowest BCUT2D eigenvalue weighted by Gasteiger charge is -2.17. The number of nitrogens with one attached hydrogen (secondary N) is 1. The maximum absolute atomic E-state index is 12.5. The second-order valence-corrected chi connectivity index (χ2v) is 6.72. The standard InChI is InChI=1S/C19H15Cl3N2O3/c1-3-27-19(25)12-9-23-18-11(5-6-13(21)16(18)22)17(12)24-14-8-10(20)4-7-15(14)26-2/h4-9H,3H2,1-2H3,(H,23,24). The number of nitrogens with zero attached hydrogens (tertiary/aromatic N) is 1. The van der Waals surface area contributed by atoms with Gasteiger partial charge in [0.05, 0.1) is 40.7 Å². The van der Waals surface area contributed by atoms with E-state index in [1.807, 2.05) is 0 Å². The fourth-order valence-corrected chi connectivity index (χ4v) is 3.16. The molecule has 0 aliphatic rings. The summed E-state index contributed by atoms with van der Waals surface area (Å²) in [6.45, 7) is 1.97. The quantitative estimate of drug-likeness (QED) is 0.499. The lowest BCUT2D eigenvalue weighted by atomic mass is 10.1. The summed E-state index contributed by atoms with van der Waals surface area (Å²) in [4.78, 5) is 16.7. The monoisotopic (exact) mass is 424 g/mol. The first-order valence-corrected chi connectivity index (χ1v) is 9.14. The Kier molecular flexibility index (Phi) is 5.95. The van der Waals surface area contributed by atoms with Crippen LogP contribution >= 0.6 is 34.8 Å². The molecule has 0 unspecified atom stereocenters. The first-order valence-electron chi connectivity index (χ1n) is 8.00. The van der Waals surface area contributed by atoms with E-state index in [4.69, 9.17) is 44.3 Å². The number of rotatable bonds is 5. The van der Waals surface area contributed by atoms with E-state index in [1.54, 1.807) is 44.4 Å². The van der Waals surface area contributed by atoms with Crippen LogP contribution in [0, 0.1) is 0 Å². The summed E-state index contributed by atoms with van der Waals surface area (Å²) in [6.07, 6.45) is 1.40. The van der Waals surface area contributed by atoms with Gasteiger partial charge < -0.3 is 14.8 Å². The second-order valence-electron chi connectivity index (χ2n) is 5.49. The summed E-state index contributed by atoms with van der Waals surface area (Å²) in [5.74, 6) is 0.0423. The molecule has 0 bridgehead atoms. The lowest BCUT2D eigenvalue weighted by molar-refractivity contribution is 0.0527. The summed E-state index contributed by atoms with van der Waals surface area (Å²) in [5.41, 5.74) is 1.76. The van der Waals surface area contributed by atoms with Crippen LogP contribution in [0.15, 0.2) is 36.5 Å². The molecule has 140 valence electrons. The third-order valence-electron chi connectivity index (χ3n) is 3.85. The number of carbonyl (C=O) groups excluding carboxylic acids is 1. The SMILES string of the molecule is CCOC(=O)c1cnc2c(Cl)c(Cl)ccc2c1Nc1cc(Cl)ccc1OC. The van der Waals surface area contributed by atoms with E-state index in [0.717, 1.165) is 0 Å². The van der Waals surface area contributed by atoms with Gasteiger partial charge in [0, 0.05) is 16.6 Å². The van der Waals surface area contributed by atoms with Gasteiger partial charge in [0.25, 0.3) is 0 Å². The molecule has 0 fully saturated rings. The van der Waals surface area contributed by atoms with Gasteiger partial charge in [-0.15, -0.1) is 0 Å². The van der Waals surface area contributed by atoms with E-state index in [1.165, 1.54) is 6.20 Å². The van der Waals surface area contributed by atoms with E-state index in [2.05, 4.69) is 10.3 Å². The maximum Gasteiger partial charge on any atom is 0.341 e. The van der Waals surface area contributed by atoms with Crippen LogP contribution in [0.3, 0.4) is 0 Å². The number of anilines is 2. The van der Waals surface area contributed by atoms with Crippen LogP contribution in [0.25, 0.3) is 10.9 Å². The fourth-order valence-electron chi connectivity index (χ4n) is 2.62.